The van der Waals surface area contributed by atoms with Gasteiger partial charge in [0.2, 0.25) is 0 Å². The van der Waals surface area contributed by atoms with E-state index < -0.39 is 25.4 Å². The molecule has 2 aromatic heterocycles. The molecule has 0 aliphatic carbocycles. The average molecular weight is 549 g/mol. The Morgan fingerprint density at radius 1 is 1.10 bits per heavy atom. The van der Waals surface area contributed by atoms with Gasteiger partial charge >= 0.3 is 20.2 Å². The zero-order valence-corrected chi connectivity index (χ0v) is 20.0. The molecule has 0 atom stereocenters. The van der Waals surface area contributed by atoms with Crippen molar-refractivity contribution in [2.45, 2.75) is 5.16 Å². The van der Waals surface area contributed by atoms with Crippen LogP contribution in [0.15, 0.2) is 63.5 Å². The molecule has 164 valence electrons. The van der Waals surface area contributed by atoms with Crippen LogP contribution >= 0.6 is 27.5 Å². The first-order chi connectivity index (χ1) is 14.5. The first kappa shape index (κ1) is 23.3. The molecule has 3 aromatic rings. The maximum absolute atomic E-state index is 13.2. The molecule has 31 heavy (non-hydrogen) atoms. The number of aromatic nitrogens is 4. The van der Waals surface area contributed by atoms with Crippen LogP contribution in [0, 0.1) is 0 Å². The van der Waals surface area contributed by atoms with Gasteiger partial charge in [0.25, 0.3) is 5.16 Å². The zero-order valence-electron chi connectivity index (χ0n) is 16.0. The fourth-order valence-corrected chi connectivity index (χ4v) is 4.48. The third-order valence-electron chi connectivity index (χ3n) is 3.71. The van der Waals surface area contributed by atoms with Crippen LogP contribution in [0.25, 0.3) is 0 Å². The van der Waals surface area contributed by atoms with Crippen molar-refractivity contribution in [3.63, 3.8) is 0 Å². The summed E-state index contributed by atoms with van der Waals surface area (Å²) in [7, 11) is -6.06. The van der Waals surface area contributed by atoms with Crippen molar-refractivity contribution >= 4 is 59.8 Å². The van der Waals surface area contributed by atoms with Gasteiger partial charge in [-0.25, -0.2) is 9.97 Å². The molecule has 0 aliphatic rings. The first-order valence-electron chi connectivity index (χ1n) is 8.34. The Balaban J connectivity index is 2.11. The van der Waals surface area contributed by atoms with Crippen molar-refractivity contribution in [1.82, 2.24) is 23.5 Å². The standard InChI is InChI=1S/C16H15BrClN7O4S2/c1-23(2)31(28,29)24-11-19-16(22-24)30(26,27)25(15-9-5-8-14(18)21-15)20-10-12-6-3-4-7-13(12)17/h3-11H,1-2H3/b20-10+. The van der Waals surface area contributed by atoms with Crippen molar-refractivity contribution in [2.24, 2.45) is 5.10 Å². The SMILES string of the molecule is CN(C)S(=O)(=O)n1cnc(S(=O)(=O)N(/N=C/c2ccccc2Br)c2cccc(Cl)n2)n1. The number of pyridine rings is 1. The summed E-state index contributed by atoms with van der Waals surface area (Å²) in [5.41, 5.74) is 0.582. The molecule has 0 fully saturated rings. The number of hydrogen-bond acceptors (Lipinski definition) is 8. The lowest BCUT2D eigenvalue weighted by Gasteiger charge is -2.16. The minimum absolute atomic E-state index is 0.0301. The van der Waals surface area contributed by atoms with Crippen LogP contribution in [0.2, 0.25) is 5.15 Å². The van der Waals surface area contributed by atoms with Gasteiger partial charge in [0.05, 0.1) is 6.21 Å². The molecule has 0 aliphatic heterocycles. The lowest BCUT2D eigenvalue weighted by molar-refractivity contribution is 0.502. The molecule has 0 saturated heterocycles. The molecule has 0 bridgehead atoms. The van der Waals surface area contributed by atoms with E-state index in [1.807, 2.05) is 0 Å². The van der Waals surface area contributed by atoms with Crippen LogP contribution in [-0.4, -0.2) is 60.6 Å². The predicted molar refractivity (Wildman–Crippen MR) is 119 cm³/mol. The molecule has 15 heteroatoms. The van der Waals surface area contributed by atoms with Gasteiger partial charge in [0.1, 0.15) is 11.5 Å². The molecule has 1 aromatic carbocycles. The summed E-state index contributed by atoms with van der Waals surface area (Å²) in [6.45, 7) is 0. The van der Waals surface area contributed by atoms with Crippen LogP contribution in [-0.2, 0) is 20.2 Å². The van der Waals surface area contributed by atoms with Crippen molar-refractivity contribution in [3.05, 3.63) is 64.0 Å². The minimum atomic E-state index is -4.55. The molecular weight excluding hydrogens is 534 g/mol. The van der Waals surface area contributed by atoms with E-state index in [9.17, 15) is 16.8 Å². The van der Waals surface area contributed by atoms with Crippen LogP contribution in [0.5, 0.6) is 0 Å². The van der Waals surface area contributed by atoms with Gasteiger partial charge < -0.3 is 0 Å². The van der Waals surface area contributed by atoms with E-state index in [2.05, 4.69) is 36.1 Å². The third kappa shape index (κ3) is 4.93. The highest BCUT2D eigenvalue weighted by Gasteiger charge is 2.32. The molecule has 11 nitrogen and oxygen atoms in total. The second kappa shape index (κ2) is 9.00. The van der Waals surface area contributed by atoms with Crippen LogP contribution < -0.4 is 4.41 Å². The first-order valence-corrected chi connectivity index (χ1v) is 12.4. The maximum atomic E-state index is 13.2. The second-order valence-corrected chi connectivity index (χ2v) is 10.9. The summed E-state index contributed by atoms with van der Waals surface area (Å²) >= 11 is 9.27. The monoisotopic (exact) mass is 547 g/mol. The number of benzene rings is 1. The Kier molecular flexibility index (Phi) is 6.76. The largest absolute Gasteiger partial charge is 0.323 e. The Morgan fingerprint density at radius 2 is 1.81 bits per heavy atom. The molecular formula is C16H15BrClN7O4S2. The molecule has 0 N–H and O–H groups in total. The van der Waals surface area contributed by atoms with Gasteiger partial charge in [0, 0.05) is 24.1 Å². The molecule has 0 radical (unpaired) electrons. The van der Waals surface area contributed by atoms with Crippen molar-refractivity contribution in [1.29, 1.82) is 0 Å². The van der Waals surface area contributed by atoms with E-state index in [1.165, 1.54) is 38.5 Å². The Hall–Kier alpha value is -2.39. The smallest absolute Gasteiger partial charge is 0.216 e. The number of sulfonamides is 1. The van der Waals surface area contributed by atoms with Gasteiger partial charge in [-0.05, 0) is 18.2 Å². The van der Waals surface area contributed by atoms with Gasteiger partial charge in [-0.3, -0.25) is 0 Å². The van der Waals surface area contributed by atoms with E-state index in [4.69, 9.17) is 11.6 Å². The fraction of sp³-hybridized carbons (Fsp3) is 0.125. The topological polar surface area (TPSA) is 131 Å². The van der Waals surface area contributed by atoms with Crippen molar-refractivity contribution in [3.8, 4) is 0 Å². The van der Waals surface area contributed by atoms with Gasteiger partial charge in [0.15, 0.2) is 5.82 Å². The Bertz CT molecular complexity index is 1340. The number of hydrogen-bond donors (Lipinski definition) is 0. The minimum Gasteiger partial charge on any atom is -0.216 e. The summed E-state index contributed by atoms with van der Waals surface area (Å²) in [6, 6.07) is 11.3. The molecule has 3 rings (SSSR count). The highest BCUT2D eigenvalue weighted by Crippen LogP contribution is 2.23. The highest BCUT2D eigenvalue weighted by atomic mass is 79.9. The normalized spacial score (nSPS) is 12.5. The molecule has 0 spiro atoms. The van der Waals surface area contributed by atoms with E-state index in [0.29, 0.717) is 18.5 Å². The molecule has 0 amide bonds. The summed E-state index contributed by atoms with van der Waals surface area (Å²) in [5, 5.41) is 6.90. The third-order valence-corrected chi connectivity index (χ3v) is 7.60. The van der Waals surface area contributed by atoms with Crippen molar-refractivity contribution < 1.29 is 16.8 Å². The Morgan fingerprint density at radius 3 is 2.45 bits per heavy atom. The summed E-state index contributed by atoms with van der Waals surface area (Å²) in [4.78, 5) is 7.63. The lowest BCUT2D eigenvalue weighted by Crippen LogP contribution is -2.31. The summed E-state index contributed by atoms with van der Waals surface area (Å²) in [5.74, 6) is -0.136. The van der Waals surface area contributed by atoms with E-state index >= 15 is 0 Å². The van der Waals surface area contributed by atoms with Gasteiger partial charge in [-0.15, -0.1) is 13.6 Å². The molecule has 0 unspecified atom stereocenters. The van der Waals surface area contributed by atoms with E-state index in [-0.39, 0.29) is 11.0 Å². The van der Waals surface area contributed by atoms with Crippen LogP contribution in [0.4, 0.5) is 5.82 Å². The second-order valence-electron chi connectivity index (χ2n) is 6.02. The zero-order chi connectivity index (χ0) is 22.8. The molecule has 2 heterocycles. The predicted octanol–water partition coefficient (Wildman–Crippen LogP) is 1.97. The van der Waals surface area contributed by atoms with E-state index in [0.717, 1.165) is 10.6 Å². The average Bonchev–Trinajstić information content (AvgIpc) is 3.21. The van der Waals surface area contributed by atoms with Gasteiger partial charge in [-0.1, -0.05) is 51.8 Å². The van der Waals surface area contributed by atoms with Gasteiger partial charge in [-0.2, -0.15) is 26.2 Å². The quantitative estimate of drug-likeness (QED) is 0.251. The summed E-state index contributed by atoms with van der Waals surface area (Å²) < 4.78 is 53.4. The van der Waals surface area contributed by atoms with Crippen molar-refractivity contribution in [2.75, 3.05) is 18.5 Å². The van der Waals surface area contributed by atoms with E-state index in [1.54, 1.807) is 24.3 Å². The number of hydrazone groups is 1. The highest BCUT2D eigenvalue weighted by molar-refractivity contribution is 9.10. The Labute approximate surface area is 192 Å². The number of rotatable bonds is 7. The lowest BCUT2D eigenvalue weighted by atomic mass is 10.2. The maximum Gasteiger partial charge on any atom is 0.323 e. The number of nitrogens with zero attached hydrogens (tertiary/aromatic N) is 7. The van der Waals surface area contributed by atoms with Crippen LogP contribution in [0.3, 0.4) is 0 Å². The summed E-state index contributed by atoms with van der Waals surface area (Å²) in [6.07, 6.45) is 2.07. The van der Waals surface area contributed by atoms with Crippen LogP contribution in [0.1, 0.15) is 5.56 Å². The number of halogens is 2. The number of anilines is 1. The molecule has 0 saturated carbocycles. The fourth-order valence-electron chi connectivity index (χ4n) is 2.15.